The summed E-state index contributed by atoms with van der Waals surface area (Å²) in [5.74, 6) is 0.556. The van der Waals surface area contributed by atoms with E-state index in [-0.39, 0.29) is 45.0 Å². The third-order valence-electron chi connectivity index (χ3n) is 5.68. The van der Waals surface area contributed by atoms with Crippen molar-refractivity contribution >= 4 is 50.0 Å². The molecule has 0 aliphatic rings. The van der Waals surface area contributed by atoms with Crippen molar-refractivity contribution in [2.24, 2.45) is 0 Å². The number of nitro groups is 1. The van der Waals surface area contributed by atoms with Crippen molar-refractivity contribution in [3.05, 3.63) is 76.8 Å². The molecule has 0 radical (unpaired) electrons. The fraction of sp³-hybridized carbons (Fsp3) is 0.0417. The maximum Gasteiger partial charge on any atom is 0.295 e. The summed E-state index contributed by atoms with van der Waals surface area (Å²) in [5.41, 5.74) is 2.40. The Hall–Kier alpha value is -4.19. The first-order valence-corrected chi connectivity index (χ1v) is 11.7. The topological polar surface area (TPSA) is 156 Å². The van der Waals surface area contributed by atoms with Crippen molar-refractivity contribution in [2.75, 3.05) is 7.11 Å². The first-order chi connectivity index (χ1) is 16.7. The second-order valence-corrected chi connectivity index (χ2v) is 9.14. The number of rotatable bonds is 5. The summed E-state index contributed by atoms with van der Waals surface area (Å²) in [6.07, 6.45) is 0. The molecule has 36 heavy (non-hydrogen) atoms. The number of phenolic OH excluding ortho intramolecular Hbond substituents is 1. The van der Waals surface area contributed by atoms with Crippen molar-refractivity contribution in [1.29, 1.82) is 0 Å². The molecule has 4 aromatic carbocycles. The van der Waals surface area contributed by atoms with Crippen LogP contribution in [0.4, 0.5) is 5.69 Å². The summed E-state index contributed by atoms with van der Waals surface area (Å²) in [6.45, 7) is 0. The number of benzene rings is 4. The van der Waals surface area contributed by atoms with Gasteiger partial charge in [0.2, 0.25) is 0 Å². The lowest BCUT2D eigenvalue weighted by Crippen LogP contribution is -1.99. The summed E-state index contributed by atoms with van der Waals surface area (Å²) in [6, 6.07) is 17.0. The van der Waals surface area contributed by atoms with Crippen LogP contribution >= 0.6 is 12.4 Å². The van der Waals surface area contributed by atoms with Crippen LogP contribution in [0.15, 0.2) is 71.6 Å². The average molecular weight is 528 g/mol. The van der Waals surface area contributed by atoms with Crippen molar-refractivity contribution in [3.8, 4) is 34.0 Å². The van der Waals surface area contributed by atoms with Gasteiger partial charge in [-0.2, -0.15) is 8.42 Å². The molecule has 10 nitrogen and oxygen atoms in total. The van der Waals surface area contributed by atoms with Crippen molar-refractivity contribution in [2.45, 2.75) is 4.90 Å². The monoisotopic (exact) mass is 527 g/mol. The number of aromatic amines is 1. The predicted octanol–water partition coefficient (Wildman–Crippen LogP) is 5.34. The minimum absolute atomic E-state index is 0. The molecular formula is C24H18ClN3O7S. The molecule has 5 rings (SSSR count). The molecule has 12 heteroatoms. The molecule has 0 aliphatic heterocycles. The first-order valence-electron chi connectivity index (χ1n) is 10.2. The Morgan fingerprint density at radius 3 is 2.44 bits per heavy atom. The third kappa shape index (κ3) is 4.19. The van der Waals surface area contributed by atoms with Crippen LogP contribution in [0.1, 0.15) is 0 Å². The molecule has 0 atom stereocenters. The Bertz CT molecular complexity index is 1770. The standard InChI is InChI=1S/C24H17N3O7S.ClH/c1-34-20-11-14(13-4-2-5-15(10-13)27(29)30)8-9-16(20)24-25-18-12-21(35(31,32)33)17-6-3-7-19(28)22(17)23(18)26-24;/h2-12,28H,1H3,(H,25,26)(H,31,32,33);1H. The molecule has 184 valence electrons. The highest BCUT2D eigenvalue weighted by Gasteiger charge is 2.22. The van der Waals surface area contributed by atoms with E-state index in [9.17, 15) is 28.2 Å². The number of non-ortho nitro benzene ring substituents is 1. The van der Waals surface area contributed by atoms with Crippen LogP contribution < -0.4 is 4.74 Å². The van der Waals surface area contributed by atoms with Gasteiger partial charge in [0, 0.05) is 17.5 Å². The van der Waals surface area contributed by atoms with E-state index in [0.717, 1.165) is 0 Å². The van der Waals surface area contributed by atoms with E-state index < -0.39 is 15.0 Å². The molecule has 5 aromatic rings. The SMILES string of the molecule is COc1cc(-c2cccc([N+](=O)[O-])c2)ccc1-c1nc2c(cc(S(=O)(=O)O)c3cccc(O)c32)[nH]1.Cl. The van der Waals surface area contributed by atoms with Gasteiger partial charge in [0.1, 0.15) is 27.7 Å². The van der Waals surface area contributed by atoms with E-state index in [1.807, 2.05) is 0 Å². The van der Waals surface area contributed by atoms with Crippen LogP contribution in [0.2, 0.25) is 0 Å². The normalized spacial score (nSPS) is 11.4. The smallest absolute Gasteiger partial charge is 0.295 e. The van der Waals surface area contributed by atoms with Gasteiger partial charge in [-0.25, -0.2) is 4.98 Å². The van der Waals surface area contributed by atoms with Crippen molar-refractivity contribution in [1.82, 2.24) is 9.97 Å². The zero-order valence-electron chi connectivity index (χ0n) is 18.5. The Morgan fingerprint density at radius 2 is 1.75 bits per heavy atom. The first kappa shape index (κ1) is 24.9. The quantitative estimate of drug-likeness (QED) is 0.157. The number of halogens is 1. The van der Waals surface area contributed by atoms with Gasteiger partial charge >= 0.3 is 0 Å². The van der Waals surface area contributed by atoms with Gasteiger partial charge in [0.25, 0.3) is 15.8 Å². The fourth-order valence-corrected chi connectivity index (χ4v) is 4.81. The maximum atomic E-state index is 12.0. The number of aromatic nitrogens is 2. The van der Waals surface area contributed by atoms with Gasteiger partial charge in [0.05, 0.1) is 28.5 Å². The second kappa shape index (κ2) is 9.11. The molecular weight excluding hydrogens is 510 g/mol. The van der Waals surface area contributed by atoms with E-state index in [4.69, 9.17) is 4.74 Å². The molecule has 0 unspecified atom stereocenters. The van der Waals surface area contributed by atoms with E-state index in [1.54, 1.807) is 30.3 Å². The van der Waals surface area contributed by atoms with E-state index >= 15 is 0 Å². The number of hydrogen-bond donors (Lipinski definition) is 3. The van der Waals surface area contributed by atoms with Gasteiger partial charge in [-0.05, 0) is 35.4 Å². The molecule has 0 amide bonds. The lowest BCUT2D eigenvalue weighted by Gasteiger charge is -2.09. The molecule has 1 heterocycles. The Kier molecular flexibility index (Phi) is 6.31. The van der Waals surface area contributed by atoms with Gasteiger partial charge in [-0.3, -0.25) is 14.7 Å². The lowest BCUT2D eigenvalue weighted by atomic mass is 10.0. The summed E-state index contributed by atoms with van der Waals surface area (Å²) in [5, 5.41) is 21.9. The van der Waals surface area contributed by atoms with Crippen LogP contribution in [0.25, 0.3) is 44.3 Å². The van der Waals surface area contributed by atoms with Crippen molar-refractivity contribution in [3.63, 3.8) is 0 Å². The summed E-state index contributed by atoms with van der Waals surface area (Å²) < 4.78 is 39.3. The Labute approximate surface area is 210 Å². The number of aromatic hydroxyl groups is 1. The number of ether oxygens (including phenoxy) is 1. The van der Waals surface area contributed by atoms with Gasteiger partial charge in [-0.1, -0.05) is 30.3 Å². The summed E-state index contributed by atoms with van der Waals surface area (Å²) >= 11 is 0. The number of H-pyrrole nitrogens is 1. The Balaban J connectivity index is 0.00000304. The highest BCUT2D eigenvalue weighted by molar-refractivity contribution is 7.86. The molecule has 0 bridgehead atoms. The van der Waals surface area contributed by atoms with Crippen LogP contribution in [-0.2, 0) is 10.1 Å². The number of imidazole rings is 1. The van der Waals surface area contributed by atoms with Crippen LogP contribution in [0.3, 0.4) is 0 Å². The largest absolute Gasteiger partial charge is 0.507 e. The van der Waals surface area contributed by atoms with E-state index in [0.29, 0.717) is 33.8 Å². The van der Waals surface area contributed by atoms with Crippen molar-refractivity contribution < 1.29 is 27.7 Å². The molecule has 3 N–H and O–H groups in total. The lowest BCUT2D eigenvalue weighted by molar-refractivity contribution is -0.384. The number of hydrogen-bond acceptors (Lipinski definition) is 7. The van der Waals surface area contributed by atoms with E-state index in [2.05, 4.69) is 9.97 Å². The number of fused-ring (bicyclic) bond motifs is 3. The molecule has 1 aromatic heterocycles. The molecule has 0 aliphatic carbocycles. The number of nitrogens with zero attached hydrogens (tertiary/aromatic N) is 2. The third-order valence-corrected chi connectivity index (χ3v) is 6.57. The molecule has 0 fully saturated rings. The molecule has 0 spiro atoms. The number of methoxy groups -OCH3 is 1. The van der Waals surface area contributed by atoms with Crippen LogP contribution in [0, 0.1) is 10.1 Å². The van der Waals surface area contributed by atoms with E-state index in [1.165, 1.54) is 43.5 Å². The highest BCUT2D eigenvalue weighted by Crippen LogP contribution is 2.39. The number of nitro benzene ring substituents is 1. The molecule has 0 saturated carbocycles. The van der Waals surface area contributed by atoms with Crippen LogP contribution in [0.5, 0.6) is 11.5 Å². The Morgan fingerprint density at radius 1 is 1.03 bits per heavy atom. The maximum absolute atomic E-state index is 12.0. The fourth-order valence-electron chi connectivity index (χ4n) is 4.09. The average Bonchev–Trinajstić information content (AvgIpc) is 3.26. The predicted molar refractivity (Wildman–Crippen MR) is 136 cm³/mol. The number of nitrogens with one attached hydrogen (secondary N) is 1. The summed E-state index contributed by atoms with van der Waals surface area (Å²) in [7, 11) is -3.11. The highest BCUT2D eigenvalue weighted by atomic mass is 35.5. The van der Waals surface area contributed by atoms with Gasteiger partial charge < -0.3 is 14.8 Å². The second-order valence-electron chi connectivity index (χ2n) is 7.75. The number of phenols is 1. The summed E-state index contributed by atoms with van der Waals surface area (Å²) in [4.78, 5) is 17.9. The van der Waals surface area contributed by atoms with Gasteiger partial charge in [0.15, 0.2) is 0 Å². The minimum Gasteiger partial charge on any atom is -0.507 e. The zero-order valence-corrected chi connectivity index (χ0v) is 20.1. The van der Waals surface area contributed by atoms with Gasteiger partial charge in [-0.15, -0.1) is 12.4 Å². The zero-order chi connectivity index (χ0) is 24.9. The van der Waals surface area contributed by atoms with Crippen LogP contribution in [-0.4, -0.2) is 40.1 Å². The molecule has 0 saturated heterocycles. The minimum atomic E-state index is -4.58.